The van der Waals surface area contributed by atoms with Crippen LogP contribution < -0.4 is 5.84 Å². The topological polar surface area (TPSA) is 94.0 Å². The Labute approximate surface area is 114 Å². The highest BCUT2D eigenvalue weighted by Gasteiger charge is 2.21. The van der Waals surface area contributed by atoms with Crippen molar-refractivity contribution in [1.29, 1.82) is 0 Å². The van der Waals surface area contributed by atoms with E-state index in [-0.39, 0.29) is 0 Å². The SMILES string of the molecule is CC[C@@H](Sc1nnc(-c2ccccc2)n1N)C(=O)O. The van der Waals surface area contributed by atoms with Crippen molar-refractivity contribution in [3.8, 4) is 11.4 Å². The van der Waals surface area contributed by atoms with Crippen LogP contribution in [0.3, 0.4) is 0 Å². The van der Waals surface area contributed by atoms with Crippen molar-refractivity contribution in [3.63, 3.8) is 0 Å². The van der Waals surface area contributed by atoms with Gasteiger partial charge in [0.05, 0.1) is 0 Å². The Hall–Kier alpha value is -2.02. The molecule has 0 amide bonds. The minimum absolute atomic E-state index is 0.396. The summed E-state index contributed by atoms with van der Waals surface area (Å²) in [6.07, 6.45) is 0.494. The summed E-state index contributed by atoms with van der Waals surface area (Å²) in [4.78, 5) is 11.0. The van der Waals surface area contributed by atoms with E-state index in [2.05, 4.69) is 10.2 Å². The number of hydrogen-bond donors (Lipinski definition) is 2. The second-order valence-electron chi connectivity index (χ2n) is 3.90. The highest BCUT2D eigenvalue weighted by Crippen LogP contribution is 2.26. The molecule has 100 valence electrons. The van der Waals surface area contributed by atoms with Crippen molar-refractivity contribution in [2.75, 3.05) is 5.84 Å². The molecule has 1 aromatic heterocycles. The molecule has 0 unspecified atom stereocenters. The van der Waals surface area contributed by atoms with Gasteiger partial charge in [-0.3, -0.25) is 4.79 Å². The molecule has 3 N–H and O–H groups in total. The summed E-state index contributed by atoms with van der Waals surface area (Å²) >= 11 is 1.10. The zero-order valence-electron chi connectivity index (χ0n) is 10.4. The Morgan fingerprint density at radius 1 is 1.42 bits per heavy atom. The number of carbonyl (C=O) groups is 1. The molecule has 19 heavy (non-hydrogen) atoms. The lowest BCUT2D eigenvalue weighted by Gasteiger charge is -2.08. The van der Waals surface area contributed by atoms with Crippen molar-refractivity contribution in [2.24, 2.45) is 0 Å². The molecule has 0 bridgehead atoms. The molecule has 2 aromatic rings. The van der Waals surface area contributed by atoms with Crippen LogP contribution in [-0.2, 0) is 4.79 Å². The van der Waals surface area contributed by atoms with Gasteiger partial charge in [-0.25, -0.2) is 4.68 Å². The van der Waals surface area contributed by atoms with Crippen LogP contribution in [-0.4, -0.2) is 31.2 Å². The van der Waals surface area contributed by atoms with E-state index in [9.17, 15) is 4.79 Å². The molecular weight excluding hydrogens is 264 g/mol. The highest BCUT2D eigenvalue weighted by molar-refractivity contribution is 8.00. The molecule has 0 aliphatic carbocycles. The van der Waals surface area contributed by atoms with E-state index >= 15 is 0 Å². The number of hydrogen-bond acceptors (Lipinski definition) is 5. The lowest BCUT2D eigenvalue weighted by molar-refractivity contribution is -0.136. The zero-order valence-corrected chi connectivity index (χ0v) is 11.2. The number of nitrogens with zero attached hydrogens (tertiary/aromatic N) is 3. The van der Waals surface area contributed by atoms with Crippen LogP contribution in [0.4, 0.5) is 0 Å². The third kappa shape index (κ3) is 2.87. The Kier molecular flexibility index (Phi) is 4.06. The molecule has 2 rings (SSSR count). The van der Waals surface area contributed by atoms with Gasteiger partial charge < -0.3 is 10.9 Å². The predicted octanol–water partition coefficient (Wildman–Crippen LogP) is 1.61. The molecule has 0 aliphatic rings. The number of thioether (sulfide) groups is 1. The molecule has 0 saturated carbocycles. The summed E-state index contributed by atoms with van der Waals surface area (Å²) in [5.74, 6) is 5.56. The van der Waals surface area contributed by atoms with Crippen molar-refractivity contribution >= 4 is 17.7 Å². The Bertz CT molecular complexity index is 570. The van der Waals surface area contributed by atoms with E-state index < -0.39 is 11.2 Å². The van der Waals surface area contributed by atoms with E-state index in [4.69, 9.17) is 10.9 Å². The van der Waals surface area contributed by atoms with Gasteiger partial charge in [-0.2, -0.15) is 0 Å². The average molecular weight is 278 g/mol. The van der Waals surface area contributed by atoms with E-state index in [0.29, 0.717) is 17.4 Å². The van der Waals surface area contributed by atoms with Gasteiger partial charge in [0.25, 0.3) is 0 Å². The summed E-state index contributed by atoms with van der Waals surface area (Å²) < 4.78 is 1.32. The number of nitrogens with two attached hydrogens (primary N) is 1. The minimum atomic E-state index is -0.878. The van der Waals surface area contributed by atoms with E-state index in [0.717, 1.165) is 17.3 Å². The van der Waals surface area contributed by atoms with Gasteiger partial charge in [-0.15, -0.1) is 10.2 Å². The Morgan fingerprint density at radius 2 is 2.11 bits per heavy atom. The summed E-state index contributed by atoms with van der Waals surface area (Å²) in [7, 11) is 0. The summed E-state index contributed by atoms with van der Waals surface area (Å²) in [6, 6.07) is 9.40. The molecule has 0 fully saturated rings. The number of nitrogen functional groups attached to an aromatic ring is 1. The second-order valence-corrected chi connectivity index (χ2v) is 5.07. The first kappa shape index (κ1) is 13.4. The number of carboxylic acid groups (broad SMARTS) is 1. The third-order valence-corrected chi connectivity index (χ3v) is 3.90. The number of carboxylic acids is 1. The lowest BCUT2D eigenvalue weighted by Crippen LogP contribution is -2.18. The van der Waals surface area contributed by atoms with Crippen LogP contribution in [0.5, 0.6) is 0 Å². The molecule has 6 nitrogen and oxygen atoms in total. The standard InChI is InChI=1S/C12H14N4O2S/c1-2-9(11(17)18)19-12-15-14-10(16(12)13)8-6-4-3-5-7-8/h3-7,9H,2,13H2,1H3,(H,17,18)/t9-/m1/s1. The number of benzene rings is 1. The molecular formula is C12H14N4O2S. The summed E-state index contributed by atoms with van der Waals surface area (Å²) in [5, 5.41) is 16.8. The van der Waals surface area contributed by atoms with Gasteiger partial charge in [0, 0.05) is 5.56 Å². The summed E-state index contributed by atoms with van der Waals surface area (Å²) in [6.45, 7) is 1.81. The lowest BCUT2D eigenvalue weighted by atomic mass is 10.2. The van der Waals surface area contributed by atoms with Gasteiger partial charge >= 0.3 is 5.97 Å². The first-order valence-corrected chi connectivity index (χ1v) is 6.66. The maximum Gasteiger partial charge on any atom is 0.317 e. The van der Waals surface area contributed by atoms with E-state index in [1.54, 1.807) is 6.92 Å². The first-order valence-electron chi connectivity index (χ1n) is 5.78. The van der Waals surface area contributed by atoms with Crippen molar-refractivity contribution in [1.82, 2.24) is 14.9 Å². The fourth-order valence-corrected chi connectivity index (χ4v) is 2.39. The largest absolute Gasteiger partial charge is 0.480 e. The normalized spacial score (nSPS) is 12.3. The average Bonchev–Trinajstić information content (AvgIpc) is 2.78. The number of aromatic nitrogens is 3. The Morgan fingerprint density at radius 3 is 2.68 bits per heavy atom. The highest BCUT2D eigenvalue weighted by atomic mass is 32.2. The van der Waals surface area contributed by atoms with Gasteiger partial charge in [0.1, 0.15) is 5.25 Å². The van der Waals surface area contributed by atoms with Gasteiger partial charge in [0.15, 0.2) is 5.82 Å². The fraction of sp³-hybridized carbons (Fsp3) is 0.250. The first-order chi connectivity index (χ1) is 9.13. The predicted molar refractivity (Wildman–Crippen MR) is 73.2 cm³/mol. The monoisotopic (exact) mass is 278 g/mol. The molecule has 0 spiro atoms. The number of aliphatic carboxylic acids is 1. The molecule has 1 atom stereocenters. The maximum atomic E-state index is 11.0. The molecule has 0 saturated heterocycles. The Balaban J connectivity index is 2.26. The van der Waals surface area contributed by atoms with Crippen molar-refractivity contribution in [3.05, 3.63) is 30.3 Å². The zero-order chi connectivity index (χ0) is 13.8. The van der Waals surface area contributed by atoms with Crippen LogP contribution in [0.15, 0.2) is 35.5 Å². The fourth-order valence-electron chi connectivity index (χ4n) is 1.58. The van der Waals surface area contributed by atoms with Crippen molar-refractivity contribution < 1.29 is 9.90 Å². The van der Waals surface area contributed by atoms with Gasteiger partial charge in [0.2, 0.25) is 5.16 Å². The van der Waals surface area contributed by atoms with Crippen molar-refractivity contribution in [2.45, 2.75) is 23.8 Å². The van der Waals surface area contributed by atoms with E-state index in [1.165, 1.54) is 4.68 Å². The minimum Gasteiger partial charge on any atom is -0.480 e. The quantitative estimate of drug-likeness (QED) is 0.637. The van der Waals surface area contributed by atoms with E-state index in [1.807, 2.05) is 30.3 Å². The number of rotatable bonds is 5. The van der Waals surface area contributed by atoms with Crippen LogP contribution in [0.2, 0.25) is 0 Å². The van der Waals surface area contributed by atoms with Gasteiger partial charge in [-0.1, -0.05) is 49.0 Å². The molecule has 1 heterocycles. The van der Waals surface area contributed by atoms with Crippen LogP contribution in [0, 0.1) is 0 Å². The molecule has 0 aliphatic heterocycles. The van der Waals surface area contributed by atoms with Gasteiger partial charge in [-0.05, 0) is 6.42 Å². The summed E-state index contributed by atoms with van der Waals surface area (Å²) in [5.41, 5.74) is 0.840. The van der Waals surface area contributed by atoms with Crippen LogP contribution in [0.25, 0.3) is 11.4 Å². The van der Waals surface area contributed by atoms with Crippen LogP contribution in [0.1, 0.15) is 13.3 Å². The molecule has 7 heteroatoms. The van der Waals surface area contributed by atoms with Crippen LogP contribution >= 0.6 is 11.8 Å². The smallest absolute Gasteiger partial charge is 0.317 e. The maximum absolute atomic E-state index is 11.0. The third-order valence-electron chi connectivity index (χ3n) is 2.59. The second kappa shape index (κ2) is 5.75. The molecule has 1 aromatic carbocycles. The molecule has 0 radical (unpaired) electrons.